The van der Waals surface area contributed by atoms with Crippen LogP contribution in [0.3, 0.4) is 0 Å². The molecule has 0 aliphatic carbocycles. The monoisotopic (exact) mass is 251 g/mol. The van der Waals surface area contributed by atoms with Crippen LogP contribution in [0.25, 0.3) is 0 Å². The molecule has 1 heterocycles. The molecule has 2 nitrogen and oxygen atoms in total. The van der Waals surface area contributed by atoms with Crippen molar-refractivity contribution in [1.82, 2.24) is 5.32 Å². The smallest absolute Gasteiger partial charge is 0.123 e. The predicted molar refractivity (Wildman–Crippen MR) is 67.4 cm³/mol. The number of thiophene rings is 1. The van der Waals surface area contributed by atoms with Crippen LogP contribution in [-0.4, -0.2) is 11.7 Å². The Hall–Kier alpha value is -1.23. The summed E-state index contributed by atoms with van der Waals surface area (Å²) in [6.45, 7) is 0.633. The SMILES string of the molecule is OCC(NCc1cccs1)c1cccc(F)c1. The van der Waals surface area contributed by atoms with Crippen molar-refractivity contribution in [3.8, 4) is 0 Å². The zero-order valence-electron chi connectivity index (χ0n) is 9.27. The summed E-state index contributed by atoms with van der Waals surface area (Å²) in [6, 6.07) is 10.1. The number of nitrogens with one attached hydrogen (secondary N) is 1. The summed E-state index contributed by atoms with van der Waals surface area (Å²) < 4.78 is 13.1. The fourth-order valence-electron chi connectivity index (χ4n) is 1.65. The Bertz CT molecular complexity index is 458. The molecule has 0 bridgehead atoms. The Morgan fingerprint density at radius 1 is 1.29 bits per heavy atom. The van der Waals surface area contributed by atoms with Crippen LogP contribution in [0.15, 0.2) is 41.8 Å². The molecule has 2 N–H and O–H groups in total. The highest BCUT2D eigenvalue weighted by atomic mass is 32.1. The second kappa shape index (κ2) is 5.91. The molecule has 0 radical (unpaired) electrons. The van der Waals surface area contributed by atoms with Gasteiger partial charge in [-0.3, -0.25) is 0 Å². The molecule has 2 aromatic rings. The number of halogens is 1. The highest BCUT2D eigenvalue weighted by Crippen LogP contribution is 2.15. The van der Waals surface area contributed by atoms with E-state index in [9.17, 15) is 9.50 Å². The first-order chi connectivity index (χ1) is 8.29. The van der Waals surface area contributed by atoms with Gasteiger partial charge in [-0.15, -0.1) is 11.3 Å². The third-order valence-corrected chi connectivity index (χ3v) is 3.41. The van der Waals surface area contributed by atoms with Gasteiger partial charge in [0.25, 0.3) is 0 Å². The van der Waals surface area contributed by atoms with E-state index in [1.807, 2.05) is 23.6 Å². The highest BCUT2D eigenvalue weighted by molar-refractivity contribution is 7.09. The molecule has 0 amide bonds. The van der Waals surface area contributed by atoms with Crippen molar-refractivity contribution >= 4 is 11.3 Å². The van der Waals surface area contributed by atoms with Crippen molar-refractivity contribution in [2.45, 2.75) is 12.6 Å². The molecule has 0 aliphatic heterocycles. The van der Waals surface area contributed by atoms with Gasteiger partial charge in [0, 0.05) is 11.4 Å². The van der Waals surface area contributed by atoms with Crippen molar-refractivity contribution in [3.05, 3.63) is 58.0 Å². The highest BCUT2D eigenvalue weighted by Gasteiger charge is 2.10. The molecule has 2 rings (SSSR count). The minimum atomic E-state index is -0.279. The maximum absolute atomic E-state index is 13.1. The van der Waals surface area contributed by atoms with E-state index in [1.54, 1.807) is 17.4 Å². The number of aliphatic hydroxyl groups is 1. The Kier molecular flexibility index (Phi) is 4.25. The lowest BCUT2D eigenvalue weighted by Gasteiger charge is -2.16. The van der Waals surface area contributed by atoms with Crippen LogP contribution in [0.5, 0.6) is 0 Å². The number of aliphatic hydroxyl groups excluding tert-OH is 1. The summed E-state index contributed by atoms with van der Waals surface area (Å²) in [4.78, 5) is 1.19. The zero-order chi connectivity index (χ0) is 12.1. The van der Waals surface area contributed by atoms with Gasteiger partial charge < -0.3 is 10.4 Å². The molecule has 1 unspecified atom stereocenters. The van der Waals surface area contributed by atoms with Gasteiger partial charge in [-0.1, -0.05) is 18.2 Å². The second-order valence-corrected chi connectivity index (χ2v) is 4.78. The van der Waals surface area contributed by atoms with Crippen LogP contribution in [0.1, 0.15) is 16.5 Å². The number of rotatable bonds is 5. The van der Waals surface area contributed by atoms with Crippen molar-refractivity contribution in [3.63, 3.8) is 0 Å². The topological polar surface area (TPSA) is 32.3 Å². The molecule has 1 aromatic carbocycles. The molecule has 0 spiro atoms. The fourth-order valence-corrected chi connectivity index (χ4v) is 2.30. The van der Waals surface area contributed by atoms with Gasteiger partial charge >= 0.3 is 0 Å². The summed E-state index contributed by atoms with van der Waals surface area (Å²) in [7, 11) is 0. The summed E-state index contributed by atoms with van der Waals surface area (Å²) in [5.74, 6) is -0.279. The minimum absolute atomic E-state index is 0.0468. The third kappa shape index (κ3) is 3.36. The Morgan fingerprint density at radius 3 is 2.82 bits per heavy atom. The fraction of sp³-hybridized carbons (Fsp3) is 0.231. The van der Waals surface area contributed by atoms with Gasteiger partial charge in [-0.05, 0) is 29.1 Å². The Morgan fingerprint density at radius 2 is 2.18 bits per heavy atom. The van der Waals surface area contributed by atoms with E-state index < -0.39 is 0 Å². The summed E-state index contributed by atoms with van der Waals surface area (Å²) in [5.41, 5.74) is 0.768. The summed E-state index contributed by atoms with van der Waals surface area (Å²) in [5, 5.41) is 14.5. The second-order valence-electron chi connectivity index (χ2n) is 3.75. The van der Waals surface area contributed by atoms with Gasteiger partial charge in [0.05, 0.1) is 12.6 Å². The van der Waals surface area contributed by atoms with E-state index >= 15 is 0 Å². The first-order valence-electron chi connectivity index (χ1n) is 5.41. The summed E-state index contributed by atoms with van der Waals surface area (Å²) >= 11 is 1.66. The molecule has 1 aromatic heterocycles. The first kappa shape index (κ1) is 12.2. The number of hydrogen-bond donors (Lipinski definition) is 2. The largest absolute Gasteiger partial charge is 0.394 e. The predicted octanol–water partition coefficient (Wildman–Crippen LogP) is 2.71. The van der Waals surface area contributed by atoms with Crippen molar-refractivity contribution < 1.29 is 9.50 Å². The zero-order valence-corrected chi connectivity index (χ0v) is 10.1. The molecule has 1 atom stereocenters. The van der Waals surface area contributed by atoms with E-state index in [1.165, 1.54) is 17.0 Å². The Balaban J connectivity index is 2.01. The lowest BCUT2D eigenvalue weighted by atomic mass is 10.1. The normalized spacial score (nSPS) is 12.6. The van der Waals surface area contributed by atoms with Crippen molar-refractivity contribution in [1.29, 1.82) is 0 Å². The van der Waals surface area contributed by atoms with Gasteiger partial charge in [-0.2, -0.15) is 0 Å². The third-order valence-electron chi connectivity index (χ3n) is 2.54. The van der Waals surface area contributed by atoms with E-state index in [0.717, 1.165) is 5.56 Å². The quantitative estimate of drug-likeness (QED) is 0.856. The molecule has 0 saturated carbocycles. The molecule has 17 heavy (non-hydrogen) atoms. The van der Waals surface area contributed by atoms with Crippen LogP contribution in [0.2, 0.25) is 0 Å². The maximum Gasteiger partial charge on any atom is 0.123 e. The molecule has 0 saturated heterocycles. The maximum atomic E-state index is 13.1. The molecule has 0 fully saturated rings. The van der Waals surface area contributed by atoms with E-state index in [0.29, 0.717) is 6.54 Å². The first-order valence-corrected chi connectivity index (χ1v) is 6.29. The van der Waals surface area contributed by atoms with Crippen LogP contribution in [-0.2, 0) is 6.54 Å². The van der Waals surface area contributed by atoms with Crippen LogP contribution in [0, 0.1) is 5.82 Å². The van der Waals surface area contributed by atoms with Crippen molar-refractivity contribution in [2.75, 3.05) is 6.61 Å². The van der Waals surface area contributed by atoms with Crippen LogP contribution >= 0.6 is 11.3 Å². The molecule has 90 valence electrons. The average Bonchev–Trinajstić information content (AvgIpc) is 2.83. The van der Waals surface area contributed by atoms with Gasteiger partial charge in [-0.25, -0.2) is 4.39 Å². The van der Waals surface area contributed by atoms with Gasteiger partial charge in [0.15, 0.2) is 0 Å². The molecular formula is C13H14FNOS. The average molecular weight is 251 g/mol. The summed E-state index contributed by atoms with van der Waals surface area (Å²) in [6.07, 6.45) is 0. The Labute approximate surface area is 104 Å². The molecule has 0 aliphatic rings. The van der Waals surface area contributed by atoms with Gasteiger partial charge in [0.1, 0.15) is 5.82 Å². The lowest BCUT2D eigenvalue weighted by Crippen LogP contribution is -2.23. The number of benzene rings is 1. The van der Waals surface area contributed by atoms with Crippen LogP contribution in [0.4, 0.5) is 4.39 Å². The van der Waals surface area contributed by atoms with Crippen molar-refractivity contribution in [2.24, 2.45) is 0 Å². The van der Waals surface area contributed by atoms with Gasteiger partial charge in [0.2, 0.25) is 0 Å². The lowest BCUT2D eigenvalue weighted by molar-refractivity contribution is 0.243. The molecular weight excluding hydrogens is 237 g/mol. The van der Waals surface area contributed by atoms with E-state index in [2.05, 4.69) is 5.32 Å². The van der Waals surface area contributed by atoms with E-state index in [4.69, 9.17) is 0 Å². The number of hydrogen-bond acceptors (Lipinski definition) is 3. The molecule has 4 heteroatoms. The van der Waals surface area contributed by atoms with Crippen LogP contribution < -0.4 is 5.32 Å². The minimum Gasteiger partial charge on any atom is -0.394 e. The standard InChI is InChI=1S/C13H14FNOS/c14-11-4-1-3-10(7-11)13(9-16)15-8-12-5-2-6-17-12/h1-7,13,15-16H,8-9H2. The van der Waals surface area contributed by atoms with E-state index in [-0.39, 0.29) is 18.5 Å².